The van der Waals surface area contributed by atoms with Crippen molar-refractivity contribution in [3.63, 3.8) is 0 Å². The lowest BCUT2D eigenvalue weighted by atomic mass is 9.84. The van der Waals surface area contributed by atoms with Gasteiger partial charge in [0.05, 0.1) is 5.52 Å². The van der Waals surface area contributed by atoms with Gasteiger partial charge < -0.3 is 19.3 Å². The molecule has 3 aromatic carbocycles. The molecule has 7 heteroatoms. The van der Waals surface area contributed by atoms with Crippen LogP contribution in [-0.4, -0.2) is 53.7 Å². The molecular weight excluding hydrogens is 452 g/mol. The monoisotopic (exact) mass is 478 g/mol. The summed E-state index contributed by atoms with van der Waals surface area (Å²) < 4.78 is 11.0. The van der Waals surface area contributed by atoms with Gasteiger partial charge in [0.1, 0.15) is 0 Å². The third kappa shape index (κ3) is 3.71. The fourth-order valence-corrected chi connectivity index (χ4v) is 5.88. The predicted octanol–water partition coefficient (Wildman–Crippen LogP) is 4.62. The number of piperidine rings is 2. The van der Waals surface area contributed by atoms with E-state index < -0.39 is 0 Å². The Balaban J connectivity index is 1.11. The van der Waals surface area contributed by atoms with Gasteiger partial charge in [-0.1, -0.05) is 42.5 Å². The van der Waals surface area contributed by atoms with Gasteiger partial charge in [-0.15, -0.1) is 0 Å². The third-order valence-electron chi connectivity index (χ3n) is 7.47. The van der Waals surface area contributed by atoms with Crippen LogP contribution in [0.3, 0.4) is 0 Å². The Hall–Kier alpha value is -4.13. The zero-order valence-corrected chi connectivity index (χ0v) is 19.8. The number of carbonyl (C=O) groups is 1. The normalized spacial score (nSPS) is 20.6. The summed E-state index contributed by atoms with van der Waals surface area (Å²) in [4.78, 5) is 27.6. The number of amides is 1. The number of benzene rings is 3. The summed E-state index contributed by atoms with van der Waals surface area (Å²) in [6.45, 7) is 3.45. The molecule has 0 saturated carbocycles. The first kappa shape index (κ1) is 21.2. The van der Waals surface area contributed by atoms with Gasteiger partial charge in [-0.2, -0.15) is 0 Å². The molecule has 0 N–H and O–H groups in total. The van der Waals surface area contributed by atoms with Gasteiger partial charge in [0.25, 0.3) is 5.91 Å². The van der Waals surface area contributed by atoms with Crippen LogP contribution >= 0.6 is 0 Å². The van der Waals surface area contributed by atoms with Crippen LogP contribution in [-0.2, 0) is 0 Å². The number of para-hydroxylation sites is 1. The van der Waals surface area contributed by atoms with Gasteiger partial charge in [-0.3, -0.25) is 4.79 Å². The molecular formula is C29H26N4O3. The number of anilines is 1. The summed E-state index contributed by atoms with van der Waals surface area (Å²) in [5, 5.41) is 1.05. The summed E-state index contributed by atoms with van der Waals surface area (Å²) in [6, 6.07) is 21.8. The molecule has 3 aliphatic rings. The van der Waals surface area contributed by atoms with Crippen molar-refractivity contribution >= 4 is 22.8 Å². The summed E-state index contributed by atoms with van der Waals surface area (Å²) in [5.74, 6) is 3.14. The van der Waals surface area contributed by atoms with E-state index in [9.17, 15) is 4.79 Å². The van der Waals surface area contributed by atoms with Gasteiger partial charge >= 0.3 is 0 Å². The van der Waals surface area contributed by atoms with Crippen molar-refractivity contribution < 1.29 is 14.3 Å². The molecule has 7 nitrogen and oxygen atoms in total. The van der Waals surface area contributed by atoms with Crippen LogP contribution in [0.5, 0.6) is 11.5 Å². The molecule has 0 spiro atoms. The van der Waals surface area contributed by atoms with Gasteiger partial charge in [-0.25, -0.2) is 9.97 Å². The number of likely N-dealkylation sites (tertiary alicyclic amines) is 1. The highest BCUT2D eigenvalue weighted by atomic mass is 16.7. The topological polar surface area (TPSA) is 67.8 Å². The molecule has 4 heterocycles. The maximum absolute atomic E-state index is 13.8. The van der Waals surface area contributed by atoms with Crippen LogP contribution in [0.1, 0.15) is 16.8 Å². The molecule has 3 aliphatic heterocycles. The predicted molar refractivity (Wildman–Crippen MR) is 137 cm³/mol. The third-order valence-corrected chi connectivity index (χ3v) is 7.47. The van der Waals surface area contributed by atoms with Crippen molar-refractivity contribution in [3.05, 3.63) is 78.5 Å². The van der Waals surface area contributed by atoms with E-state index in [0.29, 0.717) is 11.8 Å². The Kier molecular flexibility index (Phi) is 5.01. The second-order valence-electron chi connectivity index (χ2n) is 9.93. The lowest BCUT2D eigenvalue weighted by molar-refractivity contribution is 0.0564. The highest BCUT2D eigenvalue weighted by Gasteiger charge is 2.37. The summed E-state index contributed by atoms with van der Waals surface area (Å²) in [7, 11) is 0. The Morgan fingerprint density at radius 3 is 2.53 bits per heavy atom. The molecule has 2 atom stereocenters. The Labute approximate surface area is 209 Å². The average Bonchev–Trinajstić information content (AvgIpc) is 3.40. The highest BCUT2D eigenvalue weighted by molar-refractivity contribution is 6.01. The first-order valence-corrected chi connectivity index (χ1v) is 12.5. The Bertz CT molecular complexity index is 1460. The summed E-state index contributed by atoms with van der Waals surface area (Å²) in [6.07, 6.45) is 3.04. The molecule has 1 aromatic heterocycles. The number of rotatable bonds is 3. The van der Waals surface area contributed by atoms with E-state index in [4.69, 9.17) is 14.5 Å². The first-order valence-electron chi connectivity index (χ1n) is 12.5. The zero-order chi connectivity index (χ0) is 24.1. The van der Waals surface area contributed by atoms with Crippen molar-refractivity contribution in [1.29, 1.82) is 0 Å². The number of hydrogen-bond donors (Lipinski definition) is 0. The standard InChI is InChI=1S/C29H26N4O3/c34-28(24-7-3-2-6-23(24)21-9-10-26-27(12-21)36-18-35-26)32-14-19-11-20(15-32)17-33(16-19)29-30-13-22-5-1-4-8-25(22)31-29/h1-10,12-13,19-20H,11,14-18H2. The van der Waals surface area contributed by atoms with Crippen molar-refractivity contribution in [1.82, 2.24) is 14.9 Å². The maximum Gasteiger partial charge on any atom is 0.254 e. The molecule has 4 aromatic rings. The van der Waals surface area contributed by atoms with E-state index in [1.807, 2.05) is 77.8 Å². The Morgan fingerprint density at radius 2 is 1.64 bits per heavy atom. The van der Waals surface area contributed by atoms with Crippen LogP contribution in [0.15, 0.2) is 72.9 Å². The summed E-state index contributed by atoms with van der Waals surface area (Å²) >= 11 is 0. The largest absolute Gasteiger partial charge is 0.454 e. The number of nitrogens with zero attached hydrogens (tertiary/aromatic N) is 4. The van der Waals surface area contributed by atoms with Gasteiger partial charge in [0, 0.05) is 43.3 Å². The molecule has 36 heavy (non-hydrogen) atoms. The van der Waals surface area contributed by atoms with E-state index in [0.717, 1.165) is 77.6 Å². The van der Waals surface area contributed by atoms with Gasteiger partial charge in [0.15, 0.2) is 11.5 Å². The van der Waals surface area contributed by atoms with Crippen molar-refractivity contribution in [2.45, 2.75) is 6.42 Å². The van der Waals surface area contributed by atoms with Gasteiger partial charge in [0.2, 0.25) is 12.7 Å². The van der Waals surface area contributed by atoms with Crippen molar-refractivity contribution in [2.75, 3.05) is 37.9 Å². The fraction of sp³-hybridized carbons (Fsp3) is 0.276. The first-order chi connectivity index (χ1) is 17.7. The number of hydrogen-bond acceptors (Lipinski definition) is 6. The van der Waals surface area contributed by atoms with E-state index >= 15 is 0 Å². The lowest BCUT2D eigenvalue weighted by Gasteiger charge is -2.46. The molecule has 2 fully saturated rings. The van der Waals surface area contributed by atoms with Crippen LogP contribution in [0, 0.1) is 11.8 Å². The minimum Gasteiger partial charge on any atom is -0.454 e. The van der Waals surface area contributed by atoms with Crippen LogP contribution in [0.25, 0.3) is 22.0 Å². The lowest BCUT2D eigenvalue weighted by Crippen LogP contribution is -2.54. The average molecular weight is 479 g/mol. The maximum atomic E-state index is 13.8. The fourth-order valence-electron chi connectivity index (χ4n) is 5.88. The molecule has 2 bridgehead atoms. The van der Waals surface area contributed by atoms with E-state index in [-0.39, 0.29) is 12.7 Å². The number of ether oxygens (including phenoxy) is 2. The highest BCUT2D eigenvalue weighted by Crippen LogP contribution is 2.38. The van der Waals surface area contributed by atoms with E-state index in [2.05, 4.69) is 9.88 Å². The SMILES string of the molecule is O=C(c1ccccc1-c1ccc2c(c1)OCO2)N1CC2CC(C1)CN(c1ncc3ccccc3n1)C2. The van der Waals surface area contributed by atoms with E-state index in [1.165, 1.54) is 0 Å². The Morgan fingerprint density at radius 1 is 0.861 bits per heavy atom. The number of fused-ring (bicyclic) bond motifs is 4. The second kappa shape index (κ2) is 8.52. The molecule has 2 unspecified atom stereocenters. The van der Waals surface area contributed by atoms with Crippen LogP contribution < -0.4 is 14.4 Å². The minimum absolute atomic E-state index is 0.0911. The van der Waals surface area contributed by atoms with Crippen LogP contribution in [0.4, 0.5) is 5.95 Å². The smallest absolute Gasteiger partial charge is 0.254 e. The molecule has 180 valence electrons. The van der Waals surface area contributed by atoms with Crippen molar-refractivity contribution in [3.8, 4) is 22.6 Å². The molecule has 1 amide bonds. The number of carbonyl (C=O) groups excluding carboxylic acids is 1. The molecule has 7 rings (SSSR count). The van der Waals surface area contributed by atoms with Crippen molar-refractivity contribution in [2.24, 2.45) is 11.8 Å². The second-order valence-corrected chi connectivity index (χ2v) is 9.93. The number of aromatic nitrogens is 2. The zero-order valence-electron chi connectivity index (χ0n) is 19.8. The molecule has 0 aliphatic carbocycles. The molecule has 0 radical (unpaired) electrons. The van der Waals surface area contributed by atoms with Crippen LogP contribution in [0.2, 0.25) is 0 Å². The minimum atomic E-state index is 0.0911. The van der Waals surface area contributed by atoms with E-state index in [1.54, 1.807) is 0 Å². The quantitative estimate of drug-likeness (QED) is 0.428. The molecule has 2 saturated heterocycles. The summed E-state index contributed by atoms with van der Waals surface area (Å²) in [5.41, 5.74) is 3.57. The van der Waals surface area contributed by atoms with Gasteiger partial charge in [-0.05, 0) is 53.6 Å².